The maximum absolute atomic E-state index is 12.7. The molecule has 0 amide bonds. The van der Waals surface area contributed by atoms with Crippen LogP contribution in [0.4, 0.5) is 13.2 Å². The molecule has 0 fully saturated rings. The van der Waals surface area contributed by atoms with E-state index in [1.54, 1.807) is 0 Å². The third kappa shape index (κ3) is 3.22. The molecule has 98 valence electrons. The Labute approximate surface area is 99.7 Å². The second-order valence-electron chi connectivity index (χ2n) is 3.57. The van der Waals surface area contributed by atoms with E-state index < -0.39 is 41.6 Å². The first-order chi connectivity index (χ1) is 8.23. The lowest BCUT2D eigenvalue weighted by Crippen LogP contribution is -2.20. The quantitative estimate of drug-likeness (QED) is 0.873. The van der Waals surface area contributed by atoms with Crippen LogP contribution in [0, 0.1) is 0 Å². The maximum Gasteiger partial charge on any atom is 0.416 e. The third-order valence-corrected chi connectivity index (χ3v) is 2.32. The van der Waals surface area contributed by atoms with Gasteiger partial charge in [0.15, 0.2) is 0 Å². The molecule has 0 aliphatic heterocycles. The number of benzene rings is 1. The minimum Gasteiger partial charge on any atom is -0.481 e. The number of halogens is 3. The van der Waals surface area contributed by atoms with Crippen molar-refractivity contribution >= 4 is 11.9 Å². The second kappa shape index (κ2) is 5.07. The van der Waals surface area contributed by atoms with Crippen molar-refractivity contribution in [2.75, 3.05) is 0 Å². The number of rotatable bonds is 4. The van der Waals surface area contributed by atoms with Crippen molar-refractivity contribution in [3.63, 3.8) is 0 Å². The van der Waals surface area contributed by atoms with Gasteiger partial charge in [-0.25, -0.2) is 0 Å². The van der Waals surface area contributed by atoms with Gasteiger partial charge < -0.3 is 10.2 Å². The summed E-state index contributed by atoms with van der Waals surface area (Å²) < 4.78 is 38.0. The van der Waals surface area contributed by atoms with Crippen LogP contribution in [0.2, 0.25) is 0 Å². The van der Waals surface area contributed by atoms with E-state index in [1.807, 2.05) is 0 Å². The molecule has 0 saturated heterocycles. The van der Waals surface area contributed by atoms with Gasteiger partial charge in [0, 0.05) is 0 Å². The summed E-state index contributed by atoms with van der Waals surface area (Å²) in [5.74, 6) is -4.80. The molecule has 0 heterocycles. The minimum absolute atomic E-state index is 0.542. The van der Waals surface area contributed by atoms with Gasteiger partial charge in [-0.3, -0.25) is 9.59 Å². The largest absolute Gasteiger partial charge is 0.481 e. The number of carboxylic acid groups (broad SMARTS) is 2. The second-order valence-corrected chi connectivity index (χ2v) is 3.57. The maximum atomic E-state index is 12.7. The van der Waals surface area contributed by atoms with E-state index in [2.05, 4.69) is 0 Å². The average molecular weight is 262 g/mol. The van der Waals surface area contributed by atoms with Crippen LogP contribution in [0.3, 0.4) is 0 Å². The Morgan fingerprint density at radius 1 is 1.17 bits per heavy atom. The van der Waals surface area contributed by atoms with E-state index in [4.69, 9.17) is 10.2 Å². The Bertz CT molecular complexity index is 468. The number of carboxylic acids is 2. The van der Waals surface area contributed by atoms with Gasteiger partial charge in [-0.1, -0.05) is 18.2 Å². The van der Waals surface area contributed by atoms with Crippen LogP contribution < -0.4 is 0 Å². The highest BCUT2D eigenvalue weighted by atomic mass is 19.4. The van der Waals surface area contributed by atoms with E-state index in [0.717, 1.165) is 18.2 Å². The fourth-order valence-electron chi connectivity index (χ4n) is 1.56. The molecule has 1 atom stereocenters. The van der Waals surface area contributed by atoms with E-state index in [0.29, 0.717) is 0 Å². The van der Waals surface area contributed by atoms with Gasteiger partial charge in [-0.2, -0.15) is 13.2 Å². The molecular weight excluding hydrogens is 253 g/mol. The Morgan fingerprint density at radius 2 is 1.72 bits per heavy atom. The lowest BCUT2D eigenvalue weighted by molar-refractivity contribution is -0.147. The number of aliphatic carboxylic acids is 2. The fourth-order valence-corrected chi connectivity index (χ4v) is 1.56. The average Bonchev–Trinajstić information content (AvgIpc) is 2.24. The molecule has 2 N–H and O–H groups in total. The van der Waals surface area contributed by atoms with Gasteiger partial charge >= 0.3 is 18.1 Å². The van der Waals surface area contributed by atoms with Gasteiger partial charge in [-0.05, 0) is 11.6 Å². The lowest BCUT2D eigenvalue weighted by Gasteiger charge is -2.17. The Kier molecular flexibility index (Phi) is 3.95. The van der Waals surface area contributed by atoms with Crippen LogP contribution in [0.15, 0.2) is 24.3 Å². The topological polar surface area (TPSA) is 74.6 Å². The summed E-state index contributed by atoms with van der Waals surface area (Å²) in [7, 11) is 0. The standard InChI is InChI=1S/C11H9F3O4/c12-11(13,14)8-4-2-1-3-6(8)7(10(17)18)5-9(15)16/h1-4,7H,5H2,(H,15,16)(H,17,18). The zero-order valence-corrected chi connectivity index (χ0v) is 8.94. The molecule has 1 aromatic carbocycles. The number of alkyl halides is 3. The minimum atomic E-state index is -4.72. The zero-order valence-electron chi connectivity index (χ0n) is 8.94. The molecule has 0 spiro atoms. The van der Waals surface area contributed by atoms with Crippen molar-refractivity contribution in [2.45, 2.75) is 18.5 Å². The van der Waals surface area contributed by atoms with E-state index in [9.17, 15) is 22.8 Å². The molecule has 7 heteroatoms. The third-order valence-electron chi connectivity index (χ3n) is 2.32. The first-order valence-corrected chi connectivity index (χ1v) is 4.84. The molecule has 0 aliphatic carbocycles. The summed E-state index contributed by atoms with van der Waals surface area (Å²) >= 11 is 0. The zero-order chi connectivity index (χ0) is 13.9. The predicted molar refractivity (Wildman–Crippen MR) is 54.1 cm³/mol. The fraction of sp³-hybridized carbons (Fsp3) is 0.273. The van der Waals surface area contributed by atoms with E-state index >= 15 is 0 Å². The SMILES string of the molecule is O=C(O)CC(C(=O)O)c1ccccc1C(F)(F)F. The number of carbonyl (C=O) groups is 2. The Balaban J connectivity index is 3.28. The smallest absolute Gasteiger partial charge is 0.416 e. The molecule has 0 bridgehead atoms. The molecule has 1 rings (SSSR count). The van der Waals surface area contributed by atoms with Gasteiger partial charge in [0.05, 0.1) is 17.9 Å². The summed E-state index contributed by atoms with van der Waals surface area (Å²) in [5, 5.41) is 17.4. The van der Waals surface area contributed by atoms with E-state index in [1.165, 1.54) is 6.07 Å². The molecule has 18 heavy (non-hydrogen) atoms. The van der Waals surface area contributed by atoms with Crippen LogP contribution in [0.5, 0.6) is 0 Å². The molecule has 0 aliphatic rings. The Morgan fingerprint density at radius 3 is 2.17 bits per heavy atom. The highest BCUT2D eigenvalue weighted by molar-refractivity contribution is 5.82. The van der Waals surface area contributed by atoms with Crippen LogP contribution in [-0.4, -0.2) is 22.2 Å². The lowest BCUT2D eigenvalue weighted by atomic mass is 9.91. The summed E-state index contributed by atoms with van der Waals surface area (Å²) in [4.78, 5) is 21.4. The summed E-state index contributed by atoms with van der Waals surface area (Å²) in [5.41, 5.74) is -1.67. The van der Waals surface area contributed by atoms with Crippen LogP contribution in [0.25, 0.3) is 0 Å². The van der Waals surface area contributed by atoms with Gasteiger partial charge in [-0.15, -0.1) is 0 Å². The predicted octanol–water partition coefficient (Wildman–Crippen LogP) is 2.35. The van der Waals surface area contributed by atoms with Crippen molar-refractivity contribution in [1.29, 1.82) is 0 Å². The highest BCUT2D eigenvalue weighted by Crippen LogP contribution is 2.36. The molecule has 0 radical (unpaired) electrons. The monoisotopic (exact) mass is 262 g/mol. The highest BCUT2D eigenvalue weighted by Gasteiger charge is 2.37. The molecular formula is C11H9F3O4. The van der Waals surface area contributed by atoms with Gasteiger partial charge in [0.25, 0.3) is 0 Å². The summed E-state index contributed by atoms with van der Waals surface area (Å²) in [6, 6.07) is 4.06. The molecule has 1 aromatic rings. The van der Waals surface area contributed by atoms with Crippen LogP contribution in [0.1, 0.15) is 23.5 Å². The summed E-state index contributed by atoms with van der Waals surface area (Å²) in [6.07, 6.45) is -5.62. The van der Waals surface area contributed by atoms with Crippen molar-refractivity contribution in [3.05, 3.63) is 35.4 Å². The van der Waals surface area contributed by atoms with Crippen LogP contribution >= 0.6 is 0 Å². The normalized spacial score (nSPS) is 13.1. The summed E-state index contributed by atoms with van der Waals surface area (Å²) in [6.45, 7) is 0. The first kappa shape index (κ1) is 14.0. The molecule has 4 nitrogen and oxygen atoms in total. The van der Waals surface area contributed by atoms with Crippen molar-refractivity contribution in [3.8, 4) is 0 Å². The van der Waals surface area contributed by atoms with Crippen LogP contribution in [-0.2, 0) is 15.8 Å². The molecule has 0 aromatic heterocycles. The van der Waals surface area contributed by atoms with Crippen molar-refractivity contribution < 1.29 is 33.0 Å². The number of hydrogen-bond donors (Lipinski definition) is 2. The van der Waals surface area contributed by atoms with Gasteiger partial charge in [0.1, 0.15) is 0 Å². The van der Waals surface area contributed by atoms with Gasteiger partial charge in [0.2, 0.25) is 0 Å². The first-order valence-electron chi connectivity index (χ1n) is 4.84. The van der Waals surface area contributed by atoms with Crippen molar-refractivity contribution in [2.24, 2.45) is 0 Å². The van der Waals surface area contributed by atoms with E-state index in [-0.39, 0.29) is 0 Å². The van der Waals surface area contributed by atoms with Crippen molar-refractivity contribution in [1.82, 2.24) is 0 Å². The Hall–Kier alpha value is -2.05. The number of hydrogen-bond acceptors (Lipinski definition) is 2. The molecule has 1 unspecified atom stereocenters. The molecule has 0 saturated carbocycles.